The lowest BCUT2D eigenvalue weighted by Crippen LogP contribution is -2.40. The molecule has 0 aromatic heterocycles. The summed E-state index contributed by atoms with van der Waals surface area (Å²) in [5, 5.41) is 3.16. The van der Waals surface area contributed by atoms with E-state index in [0.29, 0.717) is 31.5 Å². The predicted octanol–water partition coefficient (Wildman–Crippen LogP) is 2.90. The van der Waals surface area contributed by atoms with Gasteiger partial charge < -0.3 is 10.1 Å². The van der Waals surface area contributed by atoms with Gasteiger partial charge in [-0.15, -0.1) is 0 Å². The first-order valence-electron chi connectivity index (χ1n) is 6.08. The van der Waals surface area contributed by atoms with Crippen molar-refractivity contribution in [1.82, 2.24) is 5.32 Å². The lowest BCUT2D eigenvalue weighted by atomic mass is 9.84. The number of benzene rings is 1. The van der Waals surface area contributed by atoms with Crippen molar-refractivity contribution in [2.75, 3.05) is 13.1 Å². The van der Waals surface area contributed by atoms with Crippen molar-refractivity contribution in [3.8, 4) is 0 Å². The fourth-order valence-corrected chi connectivity index (χ4v) is 2.95. The number of nitrogens with one attached hydrogen (secondary N) is 1. The van der Waals surface area contributed by atoms with Gasteiger partial charge in [-0.2, -0.15) is 13.2 Å². The van der Waals surface area contributed by atoms with Crippen molar-refractivity contribution in [2.45, 2.75) is 30.7 Å². The fourth-order valence-electron chi connectivity index (χ4n) is 2.95. The van der Waals surface area contributed by atoms with Crippen LogP contribution in [0.3, 0.4) is 0 Å². The van der Waals surface area contributed by atoms with Crippen LogP contribution < -0.4 is 5.32 Å². The molecule has 1 N–H and O–H groups in total. The van der Waals surface area contributed by atoms with Crippen LogP contribution in [-0.4, -0.2) is 19.3 Å². The van der Waals surface area contributed by atoms with Gasteiger partial charge in [-0.25, -0.2) is 0 Å². The van der Waals surface area contributed by atoms with Gasteiger partial charge in [0.2, 0.25) is 0 Å². The molecule has 2 aliphatic heterocycles. The second-order valence-electron chi connectivity index (χ2n) is 4.87. The average Bonchev–Trinajstić information content (AvgIpc) is 2.66. The molecule has 0 aliphatic carbocycles. The normalized spacial score (nSPS) is 26.3. The Labute approximate surface area is 103 Å². The van der Waals surface area contributed by atoms with Crippen LogP contribution in [0.5, 0.6) is 0 Å². The molecular weight excluding hydrogens is 243 g/mol. The highest BCUT2D eigenvalue weighted by Crippen LogP contribution is 2.53. The van der Waals surface area contributed by atoms with E-state index < -0.39 is 17.9 Å². The van der Waals surface area contributed by atoms with Gasteiger partial charge in [-0.1, -0.05) is 24.3 Å². The minimum Gasteiger partial charge on any atom is -0.353 e. The Morgan fingerprint density at radius 3 is 2.50 bits per heavy atom. The Morgan fingerprint density at radius 1 is 1.17 bits per heavy atom. The number of fused-ring (bicyclic) bond motifs is 2. The quantitative estimate of drug-likeness (QED) is 0.771. The zero-order valence-electron chi connectivity index (χ0n) is 9.76. The number of ether oxygens (including phenoxy) is 1. The lowest BCUT2D eigenvalue weighted by molar-refractivity contribution is -0.251. The van der Waals surface area contributed by atoms with Crippen LogP contribution in [0.15, 0.2) is 24.3 Å². The van der Waals surface area contributed by atoms with Crippen molar-refractivity contribution >= 4 is 0 Å². The molecule has 1 aromatic rings. The van der Waals surface area contributed by atoms with Gasteiger partial charge in [-0.05, 0) is 37.1 Å². The zero-order chi connectivity index (χ0) is 12.8. The molecule has 1 unspecified atom stereocenters. The van der Waals surface area contributed by atoms with Crippen LogP contribution >= 0.6 is 0 Å². The summed E-state index contributed by atoms with van der Waals surface area (Å²) >= 11 is 0. The minimum absolute atomic E-state index is 0.284. The van der Waals surface area contributed by atoms with Gasteiger partial charge in [0.25, 0.3) is 0 Å². The highest BCUT2D eigenvalue weighted by atomic mass is 19.4. The standard InChI is InChI=1S/C13H14F3NO/c14-13(15,16)11-9-3-1-2-4-10(9)12(18-11)5-7-17-8-6-12/h1-4,11,17H,5-8H2. The highest BCUT2D eigenvalue weighted by Gasteiger charge is 2.54. The molecule has 1 fully saturated rings. The second kappa shape index (κ2) is 3.96. The molecule has 1 aromatic carbocycles. The van der Waals surface area contributed by atoms with Gasteiger partial charge in [0, 0.05) is 0 Å². The van der Waals surface area contributed by atoms with Crippen LogP contribution in [0.4, 0.5) is 13.2 Å². The topological polar surface area (TPSA) is 21.3 Å². The summed E-state index contributed by atoms with van der Waals surface area (Å²) in [6, 6.07) is 6.72. The lowest BCUT2D eigenvalue weighted by Gasteiger charge is -2.35. The molecule has 1 saturated heterocycles. The molecule has 2 heterocycles. The summed E-state index contributed by atoms with van der Waals surface area (Å²) in [5.41, 5.74) is 0.253. The Morgan fingerprint density at radius 2 is 1.83 bits per heavy atom. The van der Waals surface area contributed by atoms with E-state index in [9.17, 15) is 13.2 Å². The Balaban J connectivity index is 2.06. The molecule has 1 spiro atoms. The first-order valence-corrected chi connectivity index (χ1v) is 6.08. The van der Waals surface area contributed by atoms with Crippen molar-refractivity contribution in [1.29, 1.82) is 0 Å². The molecule has 0 bridgehead atoms. The van der Waals surface area contributed by atoms with E-state index in [2.05, 4.69) is 5.32 Å². The first-order chi connectivity index (χ1) is 8.53. The number of alkyl halides is 3. The molecule has 0 amide bonds. The van der Waals surface area contributed by atoms with Crippen LogP contribution in [0, 0.1) is 0 Å². The van der Waals surface area contributed by atoms with E-state index in [1.165, 1.54) is 6.07 Å². The maximum atomic E-state index is 13.0. The molecule has 0 saturated carbocycles. The van der Waals surface area contributed by atoms with Crippen molar-refractivity contribution in [3.63, 3.8) is 0 Å². The Kier molecular flexibility index (Phi) is 2.64. The van der Waals surface area contributed by atoms with Crippen LogP contribution in [0.2, 0.25) is 0 Å². The van der Waals surface area contributed by atoms with E-state index in [4.69, 9.17) is 4.74 Å². The van der Waals surface area contributed by atoms with E-state index in [1.54, 1.807) is 18.2 Å². The third kappa shape index (κ3) is 1.73. The van der Waals surface area contributed by atoms with Crippen molar-refractivity contribution in [3.05, 3.63) is 35.4 Å². The Bertz CT molecular complexity index is 452. The molecule has 98 valence electrons. The molecule has 5 heteroatoms. The van der Waals surface area contributed by atoms with Gasteiger partial charge in [-0.3, -0.25) is 0 Å². The third-order valence-electron chi connectivity index (χ3n) is 3.79. The molecule has 2 nitrogen and oxygen atoms in total. The largest absolute Gasteiger partial charge is 0.418 e. The molecular formula is C13H14F3NO. The molecule has 2 aliphatic rings. The average molecular weight is 257 g/mol. The van der Waals surface area contributed by atoms with E-state index >= 15 is 0 Å². The van der Waals surface area contributed by atoms with Crippen molar-refractivity contribution < 1.29 is 17.9 Å². The summed E-state index contributed by atoms with van der Waals surface area (Å²) in [4.78, 5) is 0. The zero-order valence-corrected chi connectivity index (χ0v) is 9.76. The van der Waals surface area contributed by atoms with Gasteiger partial charge in [0.05, 0.1) is 5.60 Å². The first kappa shape index (κ1) is 12.0. The van der Waals surface area contributed by atoms with Crippen LogP contribution in [0.1, 0.15) is 30.1 Å². The summed E-state index contributed by atoms with van der Waals surface area (Å²) in [6.45, 7) is 1.39. The summed E-state index contributed by atoms with van der Waals surface area (Å²) in [6.07, 6.45) is -4.93. The second-order valence-corrected chi connectivity index (χ2v) is 4.87. The number of piperidine rings is 1. The van der Waals surface area contributed by atoms with Gasteiger partial charge in [0.1, 0.15) is 0 Å². The van der Waals surface area contributed by atoms with Crippen LogP contribution in [-0.2, 0) is 10.3 Å². The van der Waals surface area contributed by atoms with Gasteiger partial charge >= 0.3 is 6.18 Å². The van der Waals surface area contributed by atoms with Gasteiger partial charge in [0.15, 0.2) is 6.10 Å². The van der Waals surface area contributed by atoms with E-state index in [0.717, 1.165) is 0 Å². The Hall–Kier alpha value is -1.07. The SMILES string of the molecule is FC(F)(F)C1OC2(CCNCC2)c2ccccc21. The highest BCUT2D eigenvalue weighted by molar-refractivity contribution is 5.39. The van der Waals surface area contributed by atoms with E-state index in [1.807, 2.05) is 0 Å². The maximum Gasteiger partial charge on any atom is 0.418 e. The fraction of sp³-hybridized carbons (Fsp3) is 0.538. The number of hydrogen-bond donors (Lipinski definition) is 1. The predicted molar refractivity (Wildman–Crippen MR) is 60.1 cm³/mol. The summed E-state index contributed by atoms with van der Waals surface area (Å²) < 4.78 is 44.6. The number of rotatable bonds is 0. The number of hydrogen-bond acceptors (Lipinski definition) is 2. The van der Waals surface area contributed by atoms with Crippen molar-refractivity contribution in [2.24, 2.45) is 0 Å². The maximum absolute atomic E-state index is 13.0. The minimum atomic E-state index is -4.34. The molecule has 1 atom stereocenters. The third-order valence-corrected chi connectivity index (χ3v) is 3.79. The summed E-state index contributed by atoms with van der Waals surface area (Å²) in [5.74, 6) is 0. The van der Waals surface area contributed by atoms with E-state index in [-0.39, 0.29) is 5.56 Å². The smallest absolute Gasteiger partial charge is 0.353 e. The monoisotopic (exact) mass is 257 g/mol. The van der Waals surface area contributed by atoms with Crippen LogP contribution in [0.25, 0.3) is 0 Å². The molecule has 0 radical (unpaired) electrons. The number of halogens is 3. The summed E-state index contributed by atoms with van der Waals surface area (Å²) in [7, 11) is 0. The molecule has 18 heavy (non-hydrogen) atoms. The molecule has 3 rings (SSSR count).